The molecular weight excluding hydrogens is 726 g/mol. The molecule has 0 bridgehead atoms. The van der Waals surface area contributed by atoms with Gasteiger partial charge in [-0.3, -0.25) is 9.59 Å². The van der Waals surface area contributed by atoms with Gasteiger partial charge in [-0.15, -0.1) is 0 Å². The summed E-state index contributed by atoms with van der Waals surface area (Å²) >= 11 is 0. The van der Waals surface area contributed by atoms with E-state index in [2.05, 4.69) is 25.4 Å². The SMILES string of the molecule is [N-]=[N+]=NCCOCCOCCOCCOCCOCCCC(=O)[C@H](O)[C@@H](O)[C@@H](O)[C@H](O)C(=O)NCCOCCOCCOCCOCCOCCN=[N+]=[N-]. The minimum absolute atomic E-state index is 0.0164. The molecule has 0 saturated carbocycles. The first-order chi connectivity index (χ1) is 26.4. The van der Waals surface area contributed by atoms with Crippen molar-refractivity contribution in [2.24, 2.45) is 10.2 Å². The van der Waals surface area contributed by atoms with E-state index in [1.807, 2.05) is 0 Å². The number of carbonyl (C=O) groups is 2. The topological polar surface area (TPSA) is 317 Å². The Hall–Kier alpha value is -2.80. The van der Waals surface area contributed by atoms with Gasteiger partial charge in [-0.25, -0.2) is 0 Å². The second-order valence-corrected chi connectivity index (χ2v) is 10.8. The number of azide groups is 2. The van der Waals surface area contributed by atoms with Gasteiger partial charge < -0.3 is 73.1 Å². The first-order valence-electron chi connectivity index (χ1n) is 17.7. The number of hydrogen-bond acceptors (Lipinski definition) is 18. The maximum Gasteiger partial charge on any atom is 0.251 e. The smallest absolute Gasteiger partial charge is 0.251 e. The molecule has 0 saturated heterocycles. The van der Waals surface area contributed by atoms with E-state index in [4.69, 9.17) is 58.4 Å². The molecule has 314 valence electrons. The molecule has 0 aliphatic rings. The lowest BCUT2D eigenvalue weighted by molar-refractivity contribution is -0.154. The second-order valence-electron chi connectivity index (χ2n) is 10.8. The molecule has 0 aromatic carbocycles. The molecule has 0 radical (unpaired) electrons. The Morgan fingerprint density at radius 2 is 0.796 bits per heavy atom. The molecule has 0 heterocycles. The molecule has 4 atom stereocenters. The zero-order chi connectivity index (χ0) is 39.7. The molecule has 0 aliphatic carbocycles. The first-order valence-corrected chi connectivity index (χ1v) is 17.7. The van der Waals surface area contributed by atoms with Gasteiger partial charge in [-0.2, -0.15) is 0 Å². The largest absolute Gasteiger partial charge is 0.387 e. The van der Waals surface area contributed by atoms with Crippen molar-refractivity contribution in [1.82, 2.24) is 5.32 Å². The summed E-state index contributed by atoms with van der Waals surface area (Å²) in [6, 6.07) is 0. The van der Waals surface area contributed by atoms with Gasteiger partial charge >= 0.3 is 0 Å². The van der Waals surface area contributed by atoms with Gasteiger partial charge in [-0.05, 0) is 17.5 Å². The minimum Gasteiger partial charge on any atom is -0.387 e. The average Bonchev–Trinajstić information content (AvgIpc) is 3.18. The highest BCUT2D eigenvalue weighted by molar-refractivity contribution is 5.84. The zero-order valence-corrected chi connectivity index (χ0v) is 30.9. The van der Waals surface area contributed by atoms with Crippen LogP contribution in [0, 0.1) is 0 Å². The normalized spacial score (nSPS) is 13.4. The highest BCUT2D eigenvalue weighted by Gasteiger charge is 2.36. The van der Waals surface area contributed by atoms with Crippen LogP contribution in [0.25, 0.3) is 20.9 Å². The van der Waals surface area contributed by atoms with Crippen molar-refractivity contribution in [3.63, 3.8) is 0 Å². The second kappa shape index (κ2) is 39.9. The maximum atomic E-state index is 12.2. The number of ether oxygens (including phenoxy) is 10. The molecule has 0 rings (SSSR count). The molecule has 0 fully saturated rings. The predicted molar refractivity (Wildman–Crippen MR) is 187 cm³/mol. The molecular formula is C31H59N7O16. The fourth-order valence-electron chi connectivity index (χ4n) is 3.83. The summed E-state index contributed by atoms with van der Waals surface area (Å²) in [4.78, 5) is 29.6. The van der Waals surface area contributed by atoms with E-state index in [1.54, 1.807) is 0 Å². The summed E-state index contributed by atoms with van der Waals surface area (Å²) in [5.41, 5.74) is 16.3. The number of ketones is 1. The van der Waals surface area contributed by atoms with E-state index in [0.717, 1.165) is 0 Å². The van der Waals surface area contributed by atoms with E-state index < -0.39 is 36.1 Å². The first kappa shape index (κ1) is 51.2. The van der Waals surface area contributed by atoms with Crippen LogP contribution in [0.2, 0.25) is 0 Å². The summed E-state index contributed by atoms with van der Waals surface area (Å²) in [6.07, 6.45) is -8.28. The van der Waals surface area contributed by atoms with Gasteiger partial charge in [0.15, 0.2) is 11.9 Å². The quantitative estimate of drug-likeness (QED) is 0.0207. The van der Waals surface area contributed by atoms with Crippen molar-refractivity contribution >= 4 is 11.7 Å². The predicted octanol–water partition coefficient (Wildman–Crippen LogP) is -1.32. The molecule has 0 unspecified atom stereocenters. The lowest BCUT2D eigenvalue weighted by Crippen LogP contribution is -2.52. The van der Waals surface area contributed by atoms with Crippen molar-refractivity contribution < 1.29 is 77.4 Å². The third-order valence-corrected chi connectivity index (χ3v) is 6.63. The van der Waals surface area contributed by atoms with E-state index in [1.165, 1.54) is 0 Å². The lowest BCUT2D eigenvalue weighted by Gasteiger charge is -2.25. The van der Waals surface area contributed by atoms with Crippen LogP contribution in [0.3, 0.4) is 0 Å². The van der Waals surface area contributed by atoms with Crippen LogP contribution in [0.15, 0.2) is 10.2 Å². The van der Waals surface area contributed by atoms with Gasteiger partial charge in [0, 0.05) is 42.5 Å². The molecule has 0 aliphatic heterocycles. The Labute approximate surface area is 314 Å². The van der Waals surface area contributed by atoms with Gasteiger partial charge in [0.2, 0.25) is 0 Å². The summed E-state index contributed by atoms with van der Waals surface area (Å²) in [5.74, 6) is -1.81. The molecule has 1 amide bonds. The van der Waals surface area contributed by atoms with Gasteiger partial charge in [0.05, 0.1) is 126 Å². The number of Topliss-reactive ketones (excluding diaryl/α,β-unsaturated/α-hetero) is 1. The fraction of sp³-hybridized carbons (Fsp3) is 0.935. The fourth-order valence-corrected chi connectivity index (χ4v) is 3.83. The maximum absolute atomic E-state index is 12.2. The van der Waals surface area contributed by atoms with Crippen molar-refractivity contribution in [2.75, 3.05) is 152 Å². The van der Waals surface area contributed by atoms with Crippen molar-refractivity contribution in [2.45, 2.75) is 37.3 Å². The monoisotopic (exact) mass is 785 g/mol. The Morgan fingerprint density at radius 1 is 0.481 bits per heavy atom. The molecule has 23 heteroatoms. The van der Waals surface area contributed by atoms with E-state index in [9.17, 15) is 30.0 Å². The number of rotatable bonds is 42. The molecule has 0 aromatic heterocycles. The Morgan fingerprint density at radius 3 is 1.17 bits per heavy atom. The summed E-state index contributed by atoms with van der Waals surface area (Å²) in [5, 5.41) is 49.5. The van der Waals surface area contributed by atoms with Crippen LogP contribution in [0.4, 0.5) is 0 Å². The van der Waals surface area contributed by atoms with Crippen molar-refractivity contribution in [3.05, 3.63) is 20.9 Å². The average molecular weight is 786 g/mol. The zero-order valence-electron chi connectivity index (χ0n) is 30.9. The summed E-state index contributed by atoms with van der Waals surface area (Å²) < 4.78 is 53.2. The highest BCUT2D eigenvalue weighted by Crippen LogP contribution is 2.09. The number of nitrogens with one attached hydrogen (secondary N) is 1. The highest BCUT2D eigenvalue weighted by atomic mass is 16.6. The van der Waals surface area contributed by atoms with Crippen LogP contribution in [-0.4, -0.2) is 208 Å². The standard InChI is InChI=1S/C31H59N7O16/c32-37-35-4-8-47-12-16-51-20-24-53-22-18-49-14-10-45-6-1-2-26(39)27(40)28(41)29(42)30(43)31(44)34-3-7-46-11-15-50-19-23-54-25-21-52-17-13-48-9-5-36-38-33/h27-30,40-43H,1-25H2,(H,34,44)/t27-,28+,29+,30-/m0/s1. The molecule has 0 spiro atoms. The lowest BCUT2D eigenvalue weighted by atomic mass is 9.97. The Balaban J connectivity index is 3.69. The van der Waals surface area contributed by atoms with Gasteiger partial charge in [-0.1, -0.05) is 10.2 Å². The molecule has 0 aromatic rings. The molecule has 54 heavy (non-hydrogen) atoms. The van der Waals surface area contributed by atoms with Crippen LogP contribution in [0.1, 0.15) is 12.8 Å². The van der Waals surface area contributed by atoms with Crippen LogP contribution in [-0.2, 0) is 57.0 Å². The third-order valence-electron chi connectivity index (χ3n) is 6.63. The van der Waals surface area contributed by atoms with Gasteiger partial charge in [0.25, 0.3) is 5.91 Å². The number of amides is 1. The number of carbonyl (C=O) groups excluding carboxylic acids is 2. The number of hydrogen-bond donors (Lipinski definition) is 5. The third kappa shape index (κ3) is 32.6. The number of aliphatic hydroxyl groups excluding tert-OH is 4. The number of aliphatic hydroxyl groups is 4. The Bertz CT molecular complexity index is 919. The molecule has 5 N–H and O–H groups in total. The van der Waals surface area contributed by atoms with Crippen LogP contribution in [0.5, 0.6) is 0 Å². The van der Waals surface area contributed by atoms with Crippen LogP contribution >= 0.6 is 0 Å². The van der Waals surface area contributed by atoms with Crippen molar-refractivity contribution in [3.8, 4) is 0 Å². The van der Waals surface area contributed by atoms with E-state index >= 15 is 0 Å². The Kier molecular flexibility index (Phi) is 37.8. The van der Waals surface area contributed by atoms with Crippen molar-refractivity contribution in [1.29, 1.82) is 0 Å². The summed E-state index contributed by atoms with van der Waals surface area (Å²) in [7, 11) is 0. The minimum atomic E-state index is -2.12. The summed E-state index contributed by atoms with van der Waals surface area (Å²) in [6.45, 7) is 7.12. The number of nitrogens with zero attached hydrogens (tertiary/aromatic N) is 6. The van der Waals surface area contributed by atoms with E-state index in [0.29, 0.717) is 99.1 Å². The van der Waals surface area contributed by atoms with Crippen LogP contribution < -0.4 is 5.32 Å². The molecule has 23 nitrogen and oxygen atoms in total. The van der Waals surface area contributed by atoms with E-state index in [-0.39, 0.29) is 65.5 Å². The van der Waals surface area contributed by atoms with Gasteiger partial charge in [0.1, 0.15) is 18.3 Å².